The summed E-state index contributed by atoms with van der Waals surface area (Å²) in [7, 11) is 0. The van der Waals surface area contributed by atoms with Crippen LogP contribution in [0.25, 0.3) is 63.1 Å². The SMILES string of the molecule is C=Cc1ccc(N(c2ccccc2)c2ccccc2-c2ccc(N(c3ccccc3)c3ccccc3-c3ccc4c5c(n(-c6ccccc6)c4c3)=CCCC=5)cc2)cc1/C=C\C.CC. The van der Waals surface area contributed by atoms with E-state index in [4.69, 9.17) is 0 Å². The number of hydrogen-bond donors (Lipinski definition) is 0. The predicted molar refractivity (Wildman–Crippen MR) is 277 cm³/mol. The van der Waals surface area contributed by atoms with Crippen molar-refractivity contribution in [2.75, 3.05) is 9.80 Å². The molecule has 0 radical (unpaired) electrons. The second-order valence-corrected chi connectivity index (χ2v) is 15.6. The van der Waals surface area contributed by atoms with Crippen LogP contribution in [-0.4, -0.2) is 4.57 Å². The van der Waals surface area contributed by atoms with E-state index in [2.05, 4.69) is 252 Å². The first-order valence-corrected chi connectivity index (χ1v) is 22.5. The molecule has 0 atom stereocenters. The van der Waals surface area contributed by atoms with E-state index in [1.165, 1.54) is 32.7 Å². The van der Waals surface area contributed by atoms with E-state index < -0.39 is 0 Å². The molecule has 0 saturated heterocycles. The Morgan fingerprint density at radius 2 is 1.00 bits per heavy atom. The van der Waals surface area contributed by atoms with Gasteiger partial charge in [-0.15, -0.1) is 0 Å². The number of benzene rings is 8. The number of rotatable bonds is 11. The number of anilines is 6. The maximum absolute atomic E-state index is 4.08. The van der Waals surface area contributed by atoms with E-state index in [9.17, 15) is 0 Å². The molecule has 9 aromatic rings. The Morgan fingerprint density at radius 3 is 1.62 bits per heavy atom. The molecule has 1 aromatic heterocycles. The first kappa shape index (κ1) is 41.5. The molecule has 8 aromatic carbocycles. The summed E-state index contributed by atoms with van der Waals surface area (Å²) in [5.41, 5.74) is 15.8. The molecule has 0 bridgehead atoms. The van der Waals surface area contributed by atoms with Crippen molar-refractivity contribution in [2.45, 2.75) is 33.6 Å². The van der Waals surface area contributed by atoms with Crippen LogP contribution in [-0.2, 0) is 0 Å². The summed E-state index contributed by atoms with van der Waals surface area (Å²) >= 11 is 0. The molecule has 3 nitrogen and oxygen atoms in total. The molecule has 3 heteroatoms. The third-order valence-corrected chi connectivity index (χ3v) is 11.9. The Labute approximate surface area is 378 Å². The molecular formula is C61H53N3. The quantitative estimate of drug-likeness (QED) is 0.129. The number of hydrogen-bond acceptors (Lipinski definition) is 2. The Hall–Kier alpha value is -7.88. The van der Waals surface area contributed by atoms with E-state index in [0.29, 0.717) is 0 Å². The fourth-order valence-electron chi connectivity index (χ4n) is 9.05. The van der Waals surface area contributed by atoms with Gasteiger partial charge in [0, 0.05) is 55.5 Å². The number of nitrogens with zero attached hydrogens (tertiary/aromatic N) is 3. The van der Waals surface area contributed by atoms with Gasteiger partial charge in [0.1, 0.15) is 0 Å². The van der Waals surface area contributed by atoms with Gasteiger partial charge in [-0.25, -0.2) is 0 Å². The van der Waals surface area contributed by atoms with Crippen molar-refractivity contribution in [3.05, 3.63) is 235 Å². The summed E-state index contributed by atoms with van der Waals surface area (Å²) in [5.74, 6) is 0. The van der Waals surface area contributed by atoms with Gasteiger partial charge in [-0.2, -0.15) is 0 Å². The molecule has 0 aliphatic heterocycles. The molecule has 1 aliphatic rings. The summed E-state index contributed by atoms with van der Waals surface area (Å²) in [4.78, 5) is 4.74. The smallest absolute Gasteiger partial charge is 0.0547 e. The maximum Gasteiger partial charge on any atom is 0.0547 e. The third kappa shape index (κ3) is 8.00. The van der Waals surface area contributed by atoms with Crippen molar-refractivity contribution in [3.63, 3.8) is 0 Å². The fourth-order valence-corrected chi connectivity index (χ4v) is 9.05. The van der Waals surface area contributed by atoms with Crippen molar-refractivity contribution in [2.24, 2.45) is 0 Å². The van der Waals surface area contributed by atoms with Crippen LogP contribution < -0.4 is 20.4 Å². The Balaban J connectivity index is 0.00000256. The zero-order valence-electron chi connectivity index (χ0n) is 36.9. The van der Waals surface area contributed by atoms with Crippen LogP contribution in [0.1, 0.15) is 44.7 Å². The summed E-state index contributed by atoms with van der Waals surface area (Å²) < 4.78 is 2.44. The van der Waals surface area contributed by atoms with Gasteiger partial charge >= 0.3 is 0 Å². The van der Waals surface area contributed by atoms with Gasteiger partial charge < -0.3 is 14.4 Å². The number of allylic oxidation sites excluding steroid dienone is 1. The zero-order valence-corrected chi connectivity index (χ0v) is 36.9. The second kappa shape index (κ2) is 19.0. The van der Waals surface area contributed by atoms with E-state index >= 15 is 0 Å². The first-order chi connectivity index (χ1) is 31.7. The topological polar surface area (TPSA) is 11.4 Å². The Kier molecular flexibility index (Phi) is 12.3. The summed E-state index contributed by atoms with van der Waals surface area (Å²) in [6.45, 7) is 10.1. The average Bonchev–Trinajstić information content (AvgIpc) is 3.70. The van der Waals surface area contributed by atoms with Gasteiger partial charge in [-0.3, -0.25) is 0 Å². The summed E-state index contributed by atoms with van der Waals surface area (Å²) in [6.07, 6.45) is 13.1. The van der Waals surface area contributed by atoms with Crippen molar-refractivity contribution in [1.82, 2.24) is 4.57 Å². The van der Waals surface area contributed by atoms with Crippen LogP contribution >= 0.6 is 0 Å². The predicted octanol–water partition coefficient (Wildman–Crippen LogP) is 16.0. The van der Waals surface area contributed by atoms with Crippen LogP contribution in [0, 0.1) is 0 Å². The molecule has 1 aliphatic carbocycles. The molecular weight excluding hydrogens is 775 g/mol. The fraction of sp³-hybridized carbons (Fsp3) is 0.0820. The second-order valence-electron chi connectivity index (χ2n) is 15.6. The van der Waals surface area contributed by atoms with Crippen LogP contribution in [0.4, 0.5) is 34.1 Å². The normalized spacial score (nSPS) is 11.8. The molecule has 64 heavy (non-hydrogen) atoms. The van der Waals surface area contributed by atoms with Crippen molar-refractivity contribution >= 4 is 69.3 Å². The highest BCUT2D eigenvalue weighted by Gasteiger charge is 2.21. The van der Waals surface area contributed by atoms with E-state index in [-0.39, 0.29) is 0 Å². The first-order valence-electron chi connectivity index (χ1n) is 22.5. The molecule has 0 N–H and O–H groups in total. The monoisotopic (exact) mass is 827 g/mol. The minimum Gasteiger partial charge on any atom is -0.310 e. The Morgan fingerprint density at radius 1 is 0.484 bits per heavy atom. The van der Waals surface area contributed by atoms with Crippen LogP contribution in [0.15, 0.2) is 213 Å². The Bertz CT molecular complexity index is 3200. The minimum atomic E-state index is 1.05. The van der Waals surface area contributed by atoms with Gasteiger partial charge in [0.25, 0.3) is 0 Å². The van der Waals surface area contributed by atoms with Crippen LogP contribution in [0.5, 0.6) is 0 Å². The van der Waals surface area contributed by atoms with E-state index in [1.54, 1.807) is 0 Å². The number of para-hydroxylation sites is 5. The molecule has 0 amide bonds. The van der Waals surface area contributed by atoms with E-state index in [0.717, 1.165) is 74.8 Å². The van der Waals surface area contributed by atoms with Crippen molar-refractivity contribution < 1.29 is 0 Å². The number of fused-ring (bicyclic) bond motifs is 3. The standard InChI is InChI=1S/C59H47N3.C2H6/c1-3-20-45-41-51(39-33-43(45)4-2)61(48-23-10-6-11-24-48)56-30-17-14-27-52(56)44-34-37-50(38-35-44)60(47-21-8-5-9-22-47)57-31-18-15-28-53(57)46-36-40-55-54-29-16-19-32-58(54)62(59(55)42-46)49-25-12-7-13-26-49;1-2/h3-15,17-18,20-42H,2,16,19H2,1H3;1-2H3/b20-3-;. The zero-order chi connectivity index (χ0) is 43.8. The highest BCUT2D eigenvalue weighted by Crippen LogP contribution is 2.44. The third-order valence-electron chi connectivity index (χ3n) is 11.9. The molecule has 0 saturated carbocycles. The lowest BCUT2D eigenvalue weighted by molar-refractivity contribution is 1.02. The summed E-state index contributed by atoms with van der Waals surface area (Å²) in [6, 6.07) is 72.2. The molecule has 1 heterocycles. The lowest BCUT2D eigenvalue weighted by atomic mass is 9.98. The van der Waals surface area contributed by atoms with Crippen molar-refractivity contribution in [1.29, 1.82) is 0 Å². The van der Waals surface area contributed by atoms with Crippen LogP contribution in [0.3, 0.4) is 0 Å². The molecule has 312 valence electrons. The van der Waals surface area contributed by atoms with Crippen molar-refractivity contribution in [3.8, 4) is 27.9 Å². The van der Waals surface area contributed by atoms with Gasteiger partial charge in [0.15, 0.2) is 0 Å². The minimum absolute atomic E-state index is 1.05. The van der Waals surface area contributed by atoms with Gasteiger partial charge in [-0.05, 0) is 121 Å². The molecule has 0 unspecified atom stereocenters. The number of aromatic nitrogens is 1. The largest absolute Gasteiger partial charge is 0.310 e. The maximum atomic E-state index is 4.08. The van der Waals surface area contributed by atoms with Crippen LogP contribution in [0.2, 0.25) is 0 Å². The van der Waals surface area contributed by atoms with Gasteiger partial charge in [0.2, 0.25) is 0 Å². The highest BCUT2D eigenvalue weighted by molar-refractivity contribution is 5.95. The highest BCUT2D eigenvalue weighted by atomic mass is 15.2. The lowest BCUT2D eigenvalue weighted by Gasteiger charge is -2.29. The lowest BCUT2D eigenvalue weighted by Crippen LogP contribution is -2.30. The van der Waals surface area contributed by atoms with Gasteiger partial charge in [-0.1, -0.05) is 172 Å². The molecule has 0 fully saturated rings. The van der Waals surface area contributed by atoms with E-state index in [1.807, 2.05) is 19.9 Å². The summed E-state index contributed by atoms with van der Waals surface area (Å²) in [5, 5.41) is 3.90. The van der Waals surface area contributed by atoms with Gasteiger partial charge in [0.05, 0.1) is 16.9 Å². The molecule has 10 rings (SSSR count). The average molecular weight is 828 g/mol. The molecule has 0 spiro atoms.